The molecule has 0 atom stereocenters. The fourth-order valence-electron chi connectivity index (χ4n) is 1.11. The maximum Gasteiger partial charge on any atom is 0.146 e. The minimum absolute atomic E-state index is 0.208. The van der Waals surface area contributed by atoms with Gasteiger partial charge >= 0.3 is 0 Å². The third kappa shape index (κ3) is 4.62. The Kier molecular flexibility index (Phi) is 5.05. The standard InChI is InChI=1S/C11H15BrFNO/c1-8(2)15-6-5-14-11-7-9(12)3-4-10(11)13/h3-4,7-8,14H,5-6H2,1-2H3. The van der Waals surface area contributed by atoms with Gasteiger partial charge in [-0.2, -0.15) is 0 Å². The summed E-state index contributed by atoms with van der Waals surface area (Å²) in [6.07, 6.45) is 0.208. The van der Waals surface area contributed by atoms with Crippen LogP contribution in [0.2, 0.25) is 0 Å². The van der Waals surface area contributed by atoms with Crippen LogP contribution in [0.5, 0.6) is 0 Å². The molecule has 0 amide bonds. The highest BCUT2D eigenvalue weighted by Gasteiger charge is 2.01. The van der Waals surface area contributed by atoms with Crippen molar-refractivity contribution >= 4 is 21.6 Å². The van der Waals surface area contributed by atoms with Crippen molar-refractivity contribution in [2.45, 2.75) is 20.0 Å². The highest BCUT2D eigenvalue weighted by Crippen LogP contribution is 2.19. The summed E-state index contributed by atoms with van der Waals surface area (Å²) in [6.45, 7) is 5.12. The van der Waals surface area contributed by atoms with Crippen LogP contribution in [0.4, 0.5) is 10.1 Å². The molecule has 84 valence electrons. The van der Waals surface area contributed by atoms with Gasteiger partial charge in [-0.1, -0.05) is 15.9 Å². The molecule has 0 bridgehead atoms. The molecule has 0 saturated heterocycles. The molecule has 1 aromatic rings. The summed E-state index contributed by atoms with van der Waals surface area (Å²) in [6, 6.07) is 4.81. The first-order valence-corrected chi connectivity index (χ1v) is 5.69. The maximum absolute atomic E-state index is 13.2. The molecule has 0 spiro atoms. The van der Waals surface area contributed by atoms with E-state index in [4.69, 9.17) is 4.74 Å². The molecule has 0 aliphatic carbocycles. The third-order valence-electron chi connectivity index (χ3n) is 1.80. The number of hydrogen-bond acceptors (Lipinski definition) is 2. The van der Waals surface area contributed by atoms with E-state index in [-0.39, 0.29) is 11.9 Å². The van der Waals surface area contributed by atoms with Gasteiger partial charge in [-0.05, 0) is 32.0 Å². The van der Waals surface area contributed by atoms with Crippen molar-refractivity contribution in [3.8, 4) is 0 Å². The number of rotatable bonds is 5. The topological polar surface area (TPSA) is 21.3 Å². The summed E-state index contributed by atoms with van der Waals surface area (Å²) in [5.74, 6) is -0.247. The van der Waals surface area contributed by atoms with E-state index in [2.05, 4.69) is 21.2 Å². The lowest BCUT2D eigenvalue weighted by Gasteiger charge is -2.10. The Labute approximate surface area is 98.0 Å². The van der Waals surface area contributed by atoms with E-state index >= 15 is 0 Å². The zero-order valence-electron chi connectivity index (χ0n) is 8.89. The molecule has 0 radical (unpaired) electrons. The lowest BCUT2D eigenvalue weighted by atomic mass is 10.3. The third-order valence-corrected chi connectivity index (χ3v) is 2.29. The second-order valence-corrected chi connectivity index (χ2v) is 4.39. The van der Waals surface area contributed by atoms with Gasteiger partial charge in [-0.3, -0.25) is 0 Å². The van der Waals surface area contributed by atoms with E-state index in [1.807, 2.05) is 13.8 Å². The molecule has 0 aromatic heterocycles. The molecule has 1 N–H and O–H groups in total. The average molecular weight is 276 g/mol. The van der Waals surface area contributed by atoms with Gasteiger partial charge < -0.3 is 10.1 Å². The minimum atomic E-state index is -0.247. The highest BCUT2D eigenvalue weighted by atomic mass is 79.9. The van der Waals surface area contributed by atoms with Crippen molar-refractivity contribution in [1.82, 2.24) is 0 Å². The van der Waals surface area contributed by atoms with Crippen LogP contribution >= 0.6 is 15.9 Å². The molecule has 0 aliphatic rings. The van der Waals surface area contributed by atoms with E-state index in [0.29, 0.717) is 18.8 Å². The smallest absolute Gasteiger partial charge is 0.146 e. The van der Waals surface area contributed by atoms with Gasteiger partial charge in [0.1, 0.15) is 5.82 Å². The molecule has 15 heavy (non-hydrogen) atoms. The molecule has 4 heteroatoms. The van der Waals surface area contributed by atoms with Crippen LogP contribution in [0.3, 0.4) is 0 Å². The van der Waals surface area contributed by atoms with Crippen LogP contribution in [0.1, 0.15) is 13.8 Å². The fraction of sp³-hybridized carbons (Fsp3) is 0.455. The summed E-state index contributed by atoms with van der Waals surface area (Å²) < 4.78 is 19.4. The van der Waals surface area contributed by atoms with Crippen LogP contribution in [0, 0.1) is 5.82 Å². The van der Waals surface area contributed by atoms with Gasteiger partial charge in [0.25, 0.3) is 0 Å². The zero-order chi connectivity index (χ0) is 11.3. The minimum Gasteiger partial charge on any atom is -0.380 e. The van der Waals surface area contributed by atoms with Crippen LogP contribution in [-0.2, 0) is 4.74 Å². The van der Waals surface area contributed by atoms with Gasteiger partial charge in [0.15, 0.2) is 0 Å². The number of ether oxygens (including phenoxy) is 1. The number of benzene rings is 1. The largest absolute Gasteiger partial charge is 0.380 e. The monoisotopic (exact) mass is 275 g/mol. The van der Waals surface area contributed by atoms with Crippen LogP contribution in [-0.4, -0.2) is 19.3 Å². The molecule has 2 nitrogen and oxygen atoms in total. The van der Waals surface area contributed by atoms with Gasteiger partial charge in [-0.15, -0.1) is 0 Å². The highest BCUT2D eigenvalue weighted by molar-refractivity contribution is 9.10. The van der Waals surface area contributed by atoms with E-state index in [1.165, 1.54) is 6.07 Å². The molecule has 0 aliphatic heterocycles. The molecule has 1 rings (SSSR count). The Hall–Kier alpha value is -0.610. The Morgan fingerprint density at radius 3 is 2.87 bits per heavy atom. The van der Waals surface area contributed by atoms with Crippen molar-refractivity contribution in [2.75, 3.05) is 18.5 Å². The zero-order valence-corrected chi connectivity index (χ0v) is 10.5. The van der Waals surface area contributed by atoms with E-state index in [1.54, 1.807) is 12.1 Å². The van der Waals surface area contributed by atoms with E-state index in [0.717, 1.165) is 4.47 Å². The van der Waals surface area contributed by atoms with Gasteiger partial charge in [-0.25, -0.2) is 4.39 Å². The number of halogens is 2. The molecule has 0 saturated carbocycles. The number of nitrogens with one attached hydrogen (secondary N) is 1. The molecule has 0 unspecified atom stereocenters. The normalized spacial score (nSPS) is 10.7. The second kappa shape index (κ2) is 6.08. The summed E-state index contributed by atoms with van der Waals surface area (Å²) in [5, 5.41) is 2.98. The van der Waals surface area contributed by atoms with Crippen LogP contribution in [0.15, 0.2) is 22.7 Å². The summed E-state index contributed by atoms with van der Waals surface area (Å²) >= 11 is 3.29. The summed E-state index contributed by atoms with van der Waals surface area (Å²) in [4.78, 5) is 0. The first kappa shape index (κ1) is 12.5. The van der Waals surface area contributed by atoms with Crippen molar-refractivity contribution in [1.29, 1.82) is 0 Å². The summed E-state index contributed by atoms with van der Waals surface area (Å²) in [5.41, 5.74) is 0.497. The summed E-state index contributed by atoms with van der Waals surface area (Å²) in [7, 11) is 0. The first-order chi connectivity index (χ1) is 7.09. The predicted molar refractivity (Wildman–Crippen MR) is 63.7 cm³/mol. The van der Waals surface area contributed by atoms with Gasteiger partial charge in [0, 0.05) is 11.0 Å². The van der Waals surface area contributed by atoms with E-state index in [9.17, 15) is 4.39 Å². The second-order valence-electron chi connectivity index (χ2n) is 3.47. The molecule has 1 aromatic carbocycles. The van der Waals surface area contributed by atoms with Crippen molar-refractivity contribution < 1.29 is 9.13 Å². The van der Waals surface area contributed by atoms with Gasteiger partial charge in [0.2, 0.25) is 0 Å². The predicted octanol–water partition coefficient (Wildman–Crippen LogP) is 3.43. The molecular weight excluding hydrogens is 261 g/mol. The van der Waals surface area contributed by atoms with Crippen molar-refractivity contribution in [3.63, 3.8) is 0 Å². The molecule has 0 heterocycles. The Morgan fingerprint density at radius 1 is 1.47 bits per heavy atom. The fourth-order valence-corrected chi connectivity index (χ4v) is 1.47. The number of hydrogen-bond donors (Lipinski definition) is 1. The van der Waals surface area contributed by atoms with E-state index < -0.39 is 0 Å². The van der Waals surface area contributed by atoms with Crippen LogP contribution in [0.25, 0.3) is 0 Å². The van der Waals surface area contributed by atoms with Crippen LogP contribution < -0.4 is 5.32 Å². The number of anilines is 1. The Balaban J connectivity index is 2.40. The molecule has 0 fully saturated rings. The lowest BCUT2D eigenvalue weighted by Crippen LogP contribution is -2.13. The lowest BCUT2D eigenvalue weighted by molar-refractivity contribution is 0.0870. The van der Waals surface area contributed by atoms with Crippen molar-refractivity contribution in [2.24, 2.45) is 0 Å². The Bertz CT molecular complexity index is 317. The van der Waals surface area contributed by atoms with Gasteiger partial charge in [0.05, 0.1) is 18.4 Å². The maximum atomic E-state index is 13.2. The first-order valence-electron chi connectivity index (χ1n) is 4.90. The van der Waals surface area contributed by atoms with Crippen molar-refractivity contribution in [3.05, 3.63) is 28.5 Å². The quantitative estimate of drug-likeness (QED) is 0.832. The Morgan fingerprint density at radius 2 is 2.20 bits per heavy atom. The SMILES string of the molecule is CC(C)OCCNc1cc(Br)ccc1F. The molecular formula is C11H15BrFNO. The average Bonchev–Trinajstić information content (AvgIpc) is 2.17.